The Bertz CT molecular complexity index is 910. The van der Waals surface area contributed by atoms with Gasteiger partial charge in [0.2, 0.25) is 0 Å². The number of anilines is 1. The maximum Gasteiger partial charge on any atom is 0.417 e. The van der Waals surface area contributed by atoms with E-state index in [2.05, 4.69) is 26.8 Å². The molecule has 0 aromatic carbocycles. The van der Waals surface area contributed by atoms with E-state index in [1.807, 2.05) is 14.0 Å². The van der Waals surface area contributed by atoms with Crippen LogP contribution in [0.5, 0.6) is 0 Å². The van der Waals surface area contributed by atoms with Crippen molar-refractivity contribution in [3.63, 3.8) is 0 Å². The summed E-state index contributed by atoms with van der Waals surface area (Å²) in [4.78, 5) is 13.0. The van der Waals surface area contributed by atoms with Crippen LogP contribution in [0.4, 0.5) is 24.7 Å². The van der Waals surface area contributed by atoms with E-state index >= 15 is 0 Å². The highest BCUT2D eigenvalue weighted by Crippen LogP contribution is 2.44. The van der Waals surface area contributed by atoms with Crippen molar-refractivity contribution in [3.8, 4) is 0 Å². The second kappa shape index (κ2) is 7.46. The Kier molecular flexibility index (Phi) is 5.41. The first kappa shape index (κ1) is 19.6. The molecule has 1 saturated carbocycles. The molecule has 0 aliphatic heterocycles. The Morgan fingerprint density at radius 1 is 1.41 bits per heavy atom. The van der Waals surface area contributed by atoms with Crippen LogP contribution >= 0.6 is 10.5 Å². The van der Waals surface area contributed by atoms with Crippen LogP contribution in [0, 0.1) is 0 Å². The quantitative estimate of drug-likeness (QED) is 0.596. The molecule has 1 atom stereocenters. The van der Waals surface area contributed by atoms with Gasteiger partial charge in [0, 0.05) is 19.2 Å². The Labute approximate surface area is 158 Å². The number of aliphatic imine (C=N–C) groups is 1. The van der Waals surface area contributed by atoms with Crippen molar-refractivity contribution in [2.24, 2.45) is 12.0 Å². The number of nitrogen functional groups attached to an aromatic ring is 1. The second-order valence-electron chi connectivity index (χ2n) is 6.34. The third-order valence-electron chi connectivity index (χ3n) is 4.43. The molecule has 9 heteroatoms. The molecule has 2 heterocycles. The predicted octanol–water partition coefficient (Wildman–Crippen LogP) is 4.51. The standard InChI is InChI=1S/C18H22F3N5S/c1-4-27(5-2)17-15(25-16(26(17)3)11-6-7-11)24-10-14-13(22)8-12(9-23-14)18(19,20)21/h4,8-11H,5-7,22H2,1-3H3. The van der Waals surface area contributed by atoms with Gasteiger partial charge in [-0.15, -0.1) is 10.5 Å². The van der Waals surface area contributed by atoms with Gasteiger partial charge in [-0.3, -0.25) is 4.98 Å². The second-order valence-corrected chi connectivity index (χ2v) is 8.63. The molecule has 2 aromatic rings. The van der Waals surface area contributed by atoms with Crippen LogP contribution in [0.15, 0.2) is 22.3 Å². The summed E-state index contributed by atoms with van der Waals surface area (Å²) in [6.45, 7) is 4.12. The van der Waals surface area contributed by atoms with Gasteiger partial charge in [0.1, 0.15) is 16.5 Å². The fraction of sp³-hybridized carbons (Fsp3) is 0.444. The van der Waals surface area contributed by atoms with Crippen molar-refractivity contribution in [1.82, 2.24) is 14.5 Å². The van der Waals surface area contributed by atoms with Gasteiger partial charge in [-0.2, -0.15) is 13.2 Å². The third kappa shape index (κ3) is 4.07. The highest BCUT2D eigenvalue weighted by Gasteiger charge is 2.32. The Morgan fingerprint density at radius 3 is 2.63 bits per heavy atom. The highest BCUT2D eigenvalue weighted by molar-refractivity contribution is 8.15. The van der Waals surface area contributed by atoms with Crippen LogP contribution in [0.3, 0.4) is 0 Å². The lowest BCUT2D eigenvalue weighted by atomic mass is 10.2. The summed E-state index contributed by atoms with van der Waals surface area (Å²) in [5, 5.41) is 3.17. The molecule has 0 amide bonds. The minimum absolute atomic E-state index is 0.0648. The fourth-order valence-corrected chi connectivity index (χ4v) is 4.47. The number of rotatable bonds is 5. The summed E-state index contributed by atoms with van der Waals surface area (Å²) in [5.41, 5.74) is 5.00. The first-order valence-corrected chi connectivity index (χ1v) is 10.1. The van der Waals surface area contributed by atoms with Crippen LogP contribution in [-0.2, 0) is 13.2 Å². The molecule has 3 rings (SSSR count). The minimum atomic E-state index is -4.48. The van der Waals surface area contributed by atoms with Crippen molar-refractivity contribution in [3.05, 3.63) is 29.3 Å². The molecule has 1 aliphatic rings. The van der Waals surface area contributed by atoms with Crippen LogP contribution in [0.1, 0.15) is 49.7 Å². The number of imidazole rings is 1. The molecule has 0 saturated heterocycles. The van der Waals surface area contributed by atoms with Crippen LogP contribution in [0.25, 0.3) is 0 Å². The summed E-state index contributed by atoms with van der Waals surface area (Å²) in [5.74, 6) is 3.00. The van der Waals surface area contributed by atoms with Crippen LogP contribution in [0.2, 0.25) is 0 Å². The Balaban J connectivity index is 1.99. The van der Waals surface area contributed by atoms with E-state index < -0.39 is 11.7 Å². The van der Waals surface area contributed by atoms with Crippen molar-refractivity contribution in [1.29, 1.82) is 0 Å². The highest BCUT2D eigenvalue weighted by atomic mass is 32.2. The molecule has 0 spiro atoms. The van der Waals surface area contributed by atoms with E-state index in [-0.39, 0.29) is 21.9 Å². The fourth-order valence-electron chi connectivity index (χ4n) is 2.86. The largest absolute Gasteiger partial charge is 0.417 e. The zero-order valence-corrected chi connectivity index (χ0v) is 16.2. The average Bonchev–Trinajstić information content (AvgIpc) is 3.40. The number of nitrogens with zero attached hydrogens (tertiary/aromatic N) is 4. The lowest BCUT2D eigenvalue weighted by Crippen LogP contribution is -2.08. The van der Waals surface area contributed by atoms with Crippen molar-refractivity contribution >= 4 is 33.6 Å². The van der Waals surface area contributed by atoms with E-state index in [1.165, 1.54) is 6.21 Å². The molecule has 0 bridgehead atoms. The summed E-state index contributed by atoms with van der Waals surface area (Å²) in [6, 6.07) is 0.875. The summed E-state index contributed by atoms with van der Waals surface area (Å²) in [6.07, 6.45) is -0.0717. The first-order chi connectivity index (χ1) is 12.8. The van der Waals surface area contributed by atoms with Gasteiger partial charge in [0.15, 0.2) is 5.82 Å². The maximum atomic E-state index is 12.8. The number of hydrogen-bond donors (Lipinski definition) is 1. The molecule has 1 unspecified atom stereocenters. The molecule has 1 fully saturated rings. The topological polar surface area (TPSA) is 69.1 Å². The smallest absolute Gasteiger partial charge is 0.397 e. The van der Waals surface area contributed by atoms with Gasteiger partial charge in [-0.1, -0.05) is 12.3 Å². The van der Waals surface area contributed by atoms with E-state index in [0.717, 1.165) is 41.7 Å². The molecule has 2 N–H and O–H groups in total. The van der Waals surface area contributed by atoms with Crippen molar-refractivity contribution < 1.29 is 13.2 Å². The summed E-state index contributed by atoms with van der Waals surface area (Å²) in [7, 11) is 1.89. The van der Waals surface area contributed by atoms with Crippen molar-refractivity contribution in [2.45, 2.75) is 43.8 Å². The summed E-state index contributed by atoms with van der Waals surface area (Å²) >= 11 is 0. The molecular weight excluding hydrogens is 375 g/mol. The number of alkyl halides is 3. The molecule has 27 heavy (non-hydrogen) atoms. The van der Waals surface area contributed by atoms with Gasteiger partial charge < -0.3 is 10.3 Å². The minimum Gasteiger partial charge on any atom is -0.397 e. The number of nitrogens with two attached hydrogens (primary N) is 1. The molecule has 2 aromatic heterocycles. The zero-order chi connectivity index (χ0) is 19.8. The lowest BCUT2D eigenvalue weighted by molar-refractivity contribution is -0.137. The molecular formula is C18H22F3N5S. The molecule has 1 aliphatic carbocycles. The Morgan fingerprint density at radius 2 is 2.11 bits per heavy atom. The normalized spacial score (nSPS) is 16.4. The van der Waals surface area contributed by atoms with E-state index in [1.54, 1.807) is 0 Å². The van der Waals surface area contributed by atoms with Crippen LogP contribution < -0.4 is 5.73 Å². The molecule has 5 nitrogen and oxygen atoms in total. The van der Waals surface area contributed by atoms with Gasteiger partial charge in [0.05, 0.1) is 17.5 Å². The van der Waals surface area contributed by atoms with E-state index in [9.17, 15) is 13.2 Å². The Hall–Kier alpha value is -2.16. The zero-order valence-electron chi connectivity index (χ0n) is 15.4. The third-order valence-corrected chi connectivity index (χ3v) is 6.58. The van der Waals surface area contributed by atoms with Crippen molar-refractivity contribution in [2.75, 3.05) is 11.5 Å². The monoisotopic (exact) mass is 397 g/mol. The first-order valence-electron chi connectivity index (χ1n) is 8.68. The number of aromatic nitrogens is 3. The number of halogens is 3. The molecule has 146 valence electrons. The lowest BCUT2D eigenvalue weighted by Gasteiger charge is -2.09. The van der Waals surface area contributed by atoms with Crippen LogP contribution in [-0.4, -0.2) is 31.9 Å². The number of hydrogen-bond acceptors (Lipinski definition) is 4. The maximum absolute atomic E-state index is 12.8. The average molecular weight is 397 g/mol. The van der Waals surface area contributed by atoms with Gasteiger partial charge in [-0.25, -0.2) is 9.98 Å². The van der Waals surface area contributed by atoms with Gasteiger partial charge >= 0.3 is 6.18 Å². The summed E-state index contributed by atoms with van der Waals surface area (Å²) < 4.78 is 40.4. The van der Waals surface area contributed by atoms with Gasteiger partial charge in [0.25, 0.3) is 0 Å². The predicted molar refractivity (Wildman–Crippen MR) is 104 cm³/mol. The number of pyridine rings is 1. The van der Waals surface area contributed by atoms with E-state index in [4.69, 9.17) is 10.7 Å². The van der Waals surface area contributed by atoms with E-state index in [0.29, 0.717) is 11.7 Å². The molecule has 0 radical (unpaired) electrons. The van der Waals surface area contributed by atoms with Gasteiger partial charge in [-0.05, 0) is 31.6 Å². The SMILES string of the molecule is C/C=S(/CC)c1c(N=Cc2ncc(C(F)(F)F)cc2N)nc(C2CC2)n1C.